The predicted molar refractivity (Wildman–Crippen MR) is 60.3 cm³/mol. The van der Waals surface area contributed by atoms with Crippen LogP contribution in [0.1, 0.15) is 18.4 Å². The monoisotopic (exact) mass is 232 g/mol. The Balaban J connectivity index is 2.10. The van der Waals surface area contributed by atoms with Gasteiger partial charge >= 0.3 is 0 Å². The Morgan fingerprint density at radius 1 is 1.35 bits per heavy atom. The van der Waals surface area contributed by atoms with E-state index in [-0.39, 0.29) is 18.4 Å². The van der Waals surface area contributed by atoms with Crippen LogP contribution in [-0.4, -0.2) is 29.4 Å². The SMILES string of the molecule is O=C1CCN(C(=O)[O-])C(Cc2ccccc2)C1. The first-order valence-electron chi connectivity index (χ1n) is 5.70. The Labute approximate surface area is 99.9 Å². The summed E-state index contributed by atoms with van der Waals surface area (Å²) >= 11 is 0. The van der Waals surface area contributed by atoms with Gasteiger partial charge in [0.2, 0.25) is 0 Å². The molecular formula is C13H14NO3-. The maximum atomic E-state index is 11.4. The summed E-state index contributed by atoms with van der Waals surface area (Å²) in [6.45, 7) is 0.263. The molecular weight excluding hydrogens is 218 g/mol. The van der Waals surface area contributed by atoms with Crippen molar-refractivity contribution in [2.24, 2.45) is 0 Å². The van der Waals surface area contributed by atoms with E-state index in [0.29, 0.717) is 19.3 Å². The first kappa shape index (κ1) is 11.6. The highest BCUT2D eigenvalue weighted by atomic mass is 16.4. The lowest BCUT2D eigenvalue weighted by molar-refractivity contribution is -0.268. The second-order valence-electron chi connectivity index (χ2n) is 4.30. The molecule has 1 fully saturated rings. The van der Waals surface area contributed by atoms with Crippen molar-refractivity contribution in [1.82, 2.24) is 4.90 Å². The topological polar surface area (TPSA) is 60.4 Å². The second-order valence-corrected chi connectivity index (χ2v) is 4.30. The second kappa shape index (κ2) is 4.99. The van der Waals surface area contributed by atoms with Gasteiger partial charge in [0, 0.05) is 25.4 Å². The summed E-state index contributed by atoms with van der Waals surface area (Å²) in [6.07, 6.45) is -0.0127. The van der Waals surface area contributed by atoms with Gasteiger partial charge in [0.15, 0.2) is 0 Å². The van der Waals surface area contributed by atoms with Crippen LogP contribution in [0.2, 0.25) is 0 Å². The molecule has 0 spiro atoms. The Bertz CT molecular complexity index is 416. The van der Waals surface area contributed by atoms with E-state index < -0.39 is 6.09 Å². The molecule has 2 rings (SSSR count). The van der Waals surface area contributed by atoms with Gasteiger partial charge in [-0.2, -0.15) is 0 Å². The molecule has 1 heterocycles. The van der Waals surface area contributed by atoms with Crippen molar-refractivity contribution in [3.05, 3.63) is 35.9 Å². The third-order valence-corrected chi connectivity index (χ3v) is 3.08. The van der Waals surface area contributed by atoms with Crippen LogP contribution in [0.25, 0.3) is 0 Å². The summed E-state index contributed by atoms with van der Waals surface area (Å²) in [7, 11) is 0. The fourth-order valence-corrected chi connectivity index (χ4v) is 2.21. The largest absolute Gasteiger partial charge is 0.530 e. The van der Waals surface area contributed by atoms with Crippen LogP contribution < -0.4 is 5.11 Å². The number of ketones is 1. The molecule has 0 saturated carbocycles. The highest BCUT2D eigenvalue weighted by molar-refractivity contribution is 5.81. The maximum absolute atomic E-state index is 11.4. The van der Waals surface area contributed by atoms with Crippen LogP contribution in [0.4, 0.5) is 4.79 Å². The Hall–Kier alpha value is -1.84. The molecule has 0 bridgehead atoms. The summed E-state index contributed by atoms with van der Waals surface area (Å²) in [5.74, 6) is 0.128. The lowest BCUT2D eigenvalue weighted by atomic mass is 9.95. The standard InChI is InChI=1S/C13H15NO3/c15-12-6-7-14(13(16)17)11(9-12)8-10-4-2-1-3-5-10/h1-5,11H,6-9H2,(H,16,17)/p-1. The van der Waals surface area contributed by atoms with E-state index in [2.05, 4.69) is 0 Å². The van der Waals surface area contributed by atoms with Crippen molar-refractivity contribution in [3.63, 3.8) is 0 Å². The quantitative estimate of drug-likeness (QED) is 0.750. The molecule has 0 N–H and O–H groups in total. The molecule has 1 aliphatic rings. The molecule has 4 nitrogen and oxygen atoms in total. The van der Waals surface area contributed by atoms with Crippen molar-refractivity contribution in [1.29, 1.82) is 0 Å². The molecule has 1 aromatic rings. The number of likely N-dealkylation sites (tertiary alicyclic amines) is 1. The first-order chi connectivity index (χ1) is 8.16. The minimum absolute atomic E-state index is 0.128. The highest BCUT2D eigenvalue weighted by Gasteiger charge is 2.26. The fraction of sp³-hybridized carbons (Fsp3) is 0.385. The molecule has 0 radical (unpaired) electrons. The molecule has 1 aliphatic heterocycles. The number of carbonyl (C=O) groups excluding carboxylic acids is 2. The molecule has 1 amide bonds. The molecule has 1 saturated heterocycles. The van der Waals surface area contributed by atoms with E-state index in [9.17, 15) is 14.7 Å². The average molecular weight is 232 g/mol. The number of rotatable bonds is 2. The fourth-order valence-electron chi connectivity index (χ4n) is 2.21. The van der Waals surface area contributed by atoms with E-state index in [1.807, 2.05) is 30.3 Å². The zero-order chi connectivity index (χ0) is 12.3. The van der Waals surface area contributed by atoms with E-state index in [1.54, 1.807) is 0 Å². The van der Waals surface area contributed by atoms with Crippen molar-refractivity contribution >= 4 is 11.9 Å². The highest BCUT2D eigenvalue weighted by Crippen LogP contribution is 2.18. The summed E-state index contributed by atoms with van der Waals surface area (Å²) in [6, 6.07) is 9.32. The average Bonchev–Trinajstić information content (AvgIpc) is 2.30. The van der Waals surface area contributed by atoms with Crippen LogP contribution in [0.5, 0.6) is 0 Å². The molecule has 0 aromatic heterocycles. The van der Waals surface area contributed by atoms with E-state index in [0.717, 1.165) is 5.56 Å². The number of carboxylic acid groups (broad SMARTS) is 1. The lowest BCUT2D eigenvalue weighted by Gasteiger charge is -2.37. The normalized spacial score (nSPS) is 20.4. The number of benzene rings is 1. The Morgan fingerprint density at radius 2 is 2.06 bits per heavy atom. The zero-order valence-electron chi connectivity index (χ0n) is 9.46. The lowest BCUT2D eigenvalue weighted by Crippen LogP contribution is -2.52. The van der Waals surface area contributed by atoms with Crippen molar-refractivity contribution in [2.75, 3.05) is 6.54 Å². The zero-order valence-corrected chi connectivity index (χ0v) is 9.46. The summed E-state index contributed by atoms with van der Waals surface area (Å²) in [5.41, 5.74) is 1.04. The Kier molecular flexibility index (Phi) is 3.42. The summed E-state index contributed by atoms with van der Waals surface area (Å²) in [4.78, 5) is 23.6. The molecule has 17 heavy (non-hydrogen) atoms. The molecule has 1 unspecified atom stereocenters. The van der Waals surface area contributed by atoms with Crippen LogP contribution >= 0.6 is 0 Å². The molecule has 90 valence electrons. The molecule has 4 heteroatoms. The van der Waals surface area contributed by atoms with Crippen molar-refractivity contribution in [3.8, 4) is 0 Å². The van der Waals surface area contributed by atoms with Crippen LogP contribution in [-0.2, 0) is 11.2 Å². The number of hydrogen-bond donors (Lipinski definition) is 0. The minimum atomic E-state index is -1.18. The smallest absolute Gasteiger partial charge is 0.137 e. The number of nitrogens with zero attached hydrogens (tertiary/aromatic N) is 1. The number of Topliss-reactive ketones (excluding diaryl/α,β-unsaturated/α-hetero) is 1. The van der Waals surface area contributed by atoms with Crippen molar-refractivity contribution in [2.45, 2.75) is 25.3 Å². The van der Waals surface area contributed by atoms with Crippen LogP contribution in [0.15, 0.2) is 30.3 Å². The van der Waals surface area contributed by atoms with Gasteiger partial charge in [-0.15, -0.1) is 0 Å². The van der Waals surface area contributed by atoms with E-state index in [4.69, 9.17) is 0 Å². The summed E-state index contributed by atoms with van der Waals surface area (Å²) < 4.78 is 0. The third kappa shape index (κ3) is 2.84. The van der Waals surface area contributed by atoms with Gasteiger partial charge in [-0.1, -0.05) is 30.3 Å². The van der Waals surface area contributed by atoms with Gasteiger partial charge in [-0.25, -0.2) is 0 Å². The van der Waals surface area contributed by atoms with Crippen LogP contribution in [0.3, 0.4) is 0 Å². The molecule has 1 aromatic carbocycles. The Morgan fingerprint density at radius 3 is 2.71 bits per heavy atom. The molecule has 0 aliphatic carbocycles. The number of piperidine rings is 1. The number of carbonyl (C=O) groups is 2. The van der Waals surface area contributed by atoms with Gasteiger partial charge in [0.1, 0.15) is 11.9 Å². The van der Waals surface area contributed by atoms with Gasteiger partial charge in [0.05, 0.1) is 0 Å². The molecule has 1 atom stereocenters. The van der Waals surface area contributed by atoms with Gasteiger partial charge in [-0.3, -0.25) is 4.79 Å². The van der Waals surface area contributed by atoms with Gasteiger partial charge in [-0.05, 0) is 12.0 Å². The third-order valence-electron chi connectivity index (χ3n) is 3.08. The van der Waals surface area contributed by atoms with Gasteiger partial charge in [0.25, 0.3) is 0 Å². The number of hydrogen-bond acceptors (Lipinski definition) is 3. The summed E-state index contributed by atoms with van der Waals surface area (Å²) in [5, 5.41) is 11.0. The minimum Gasteiger partial charge on any atom is -0.530 e. The van der Waals surface area contributed by atoms with Crippen LogP contribution in [0, 0.1) is 0 Å². The first-order valence-corrected chi connectivity index (χ1v) is 5.70. The predicted octanol–water partition coefficient (Wildman–Crippen LogP) is 0.606. The van der Waals surface area contributed by atoms with Gasteiger partial charge < -0.3 is 14.8 Å². The van der Waals surface area contributed by atoms with E-state index in [1.165, 1.54) is 4.90 Å². The van der Waals surface area contributed by atoms with Crippen molar-refractivity contribution < 1.29 is 14.7 Å². The number of amides is 1. The maximum Gasteiger partial charge on any atom is 0.137 e. The van der Waals surface area contributed by atoms with E-state index >= 15 is 0 Å².